The SMILES string of the molecule is O=C(NCc1cccc(Cl)c1)NCC1CC1. The fourth-order valence-corrected chi connectivity index (χ4v) is 1.66. The van der Waals surface area contributed by atoms with Gasteiger partial charge in [0, 0.05) is 18.1 Å². The number of hydrogen-bond donors (Lipinski definition) is 2. The van der Waals surface area contributed by atoms with Crippen LogP contribution in [0.5, 0.6) is 0 Å². The van der Waals surface area contributed by atoms with Crippen LogP contribution in [-0.4, -0.2) is 12.6 Å². The van der Waals surface area contributed by atoms with Crippen LogP contribution in [0.4, 0.5) is 4.79 Å². The number of rotatable bonds is 4. The van der Waals surface area contributed by atoms with Crippen LogP contribution in [0.15, 0.2) is 24.3 Å². The van der Waals surface area contributed by atoms with Crippen LogP contribution in [-0.2, 0) is 6.54 Å². The van der Waals surface area contributed by atoms with Gasteiger partial charge in [-0.05, 0) is 36.5 Å². The third-order valence-corrected chi connectivity index (χ3v) is 2.83. The van der Waals surface area contributed by atoms with Crippen molar-refractivity contribution in [2.75, 3.05) is 6.54 Å². The zero-order valence-corrected chi connectivity index (χ0v) is 9.76. The molecule has 0 unspecified atom stereocenters. The highest BCUT2D eigenvalue weighted by atomic mass is 35.5. The molecule has 1 aromatic rings. The third-order valence-electron chi connectivity index (χ3n) is 2.59. The van der Waals surface area contributed by atoms with Crippen LogP contribution in [0.2, 0.25) is 5.02 Å². The van der Waals surface area contributed by atoms with Gasteiger partial charge in [0.15, 0.2) is 0 Å². The molecule has 0 radical (unpaired) electrons. The first kappa shape index (κ1) is 11.3. The maximum Gasteiger partial charge on any atom is 0.315 e. The summed E-state index contributed by atoms with van der Waals surface area (Å²) in [4.78, 5) is 11.4. The van der Waals surface area contributed by atoms with Crippen LogP contribution in [0.3, 0.4) is 0 Å². The Morgan fingerprint density at radius 3 is 2.88 bits per heavy atom. The first-order valence-corrected chi connectivity index (χ1v) is 5.88. The van der Waals surface area contributed by atoms with Crippen LogP contribution in [0.25, 0.3) is 0 Å². The van der Waals surface area contributed by atoms with Gasteiger partial charge in [-0.3, -0.25) is 0 Å². The molecule has 2 amide bonds. The van der Waals surface area contributed by atoms with Gasteiger partial charge in [-0.25, -0.2) is 4.79 Å². The van der Waals surface area contributed by atoms with Gasteiger partial charge in [0.1, 0.15) is 0 Å². The zero-order chi connectivity index (χ0) is 11.4. The van der Waals surface area contributed by atoms with E-state index in [1.54, 1.807) is 0 Å². The van der Waals surface area contributed by atoms with Crippen LogP contribution in [0.1, 0.15) is 18.4 Å². The van der Waals surface area contributed by atoms with Gasteiger partial charge in [0.05, 0.1) is 0 Å². The lowest BCUT2D eigenvalue weighted by atomic mass is 10.2. The summed E-state index contributed by atoms with van der Waals surface area (Å²) in [5.74, 6) is 0.705. The summed E-state index contributed by atoms with van der Waals surface area (Å²) < 4.78 is 0. The Balaban J connectivity index is 1.71. The largest absolute Gasteiger partial charge is 0.338 e. The van der Waals surface area contributed by atoms with Crippen LogP contribution >= 0.6 is 11.6 Å². The molecule has 0 aromatic heterocycles. The summed E-state index contributed by atoms with van der Waals surface area (Å²) in [5.41, 5.74) is 1.01. The average Bonchev–Trinajstić information content (AvgIpc) is 3.07. The van der Waals surface area contributed by atoms with Crippen molar-refractivity contribution in [2.24, 2.45) is 5.92 Å². The topological polar surface area (TPSA) is 41.1 Å². The molecular formula is C12H15ClN2O. The lowest BCUT2D eigenvalue weighted by Gasteiger charge is -2.07. The second-order valence-corrected chi connectivity index (χ2v) is 4.57. The summed E-state index contributed by atoms with van der Waals surface area (Å²) >= 11 is 5.84. The van der Waals surface area contributed by atoms with Crippen LogP contribution in [0, 0.1) is 5.92 Å². The minimum absolute atomic E-state index is 0.105. The molecule has 0 aliphatic heterocycles. The number of amides is 2. The van der Waals surface area contributed by atoms with Gasteiger partial charge >= 0.3 is 6.03 Å². The van der Waals surface area contributed by atoms with E-state index in [9.17, 15) is 4.79 Å². The van der Waals surface area contributed by atoms with Gasteiger partial charge in [-0.2, -0.15) is 0 Å². The number of benzene rings is 1. The Hall–Kier alpha value is -1.22. The Bertz CT molecular complexity index is 377. The number of urea groups is 1. The second-order valence-electron chi connectivity index (χ2n) is 4.14. The Labute approximate surface area is 100 Å². The van der Waals surface area contributed by atoms with Crippen molar-refractivity contribution in [1.82, 2.24) is 10.6 Å². The number of carbonyl (C=O) groups is 1. The standard InChI is InChI=1S/C12H15ClN2O/c13-11-3-1-2-10(6-11)8-15-12(16)14-7-9-4-5-9/h1-3,6,9H,4-5,7-8H2,(H2,14,15,16). The highest BCUT2D eigenvalue weighted by Crippen LogP contribution is 2.27. The molecule has 2 N–H and O–H groups in total. The van der Waals surface area contributed by atoms with Gasteiger partial charge in [-0.1, -0.05) is 23.7 Å². The van der Waals surface area contributed by atoms with Crippen molar-refractivity contribution < 1.29 is 4.79 Å². The molecule has 0 atom stereocenters. The summed E-state index contributed by atoms with van der Waals surface area (Å²) in [5, 5.41) is 6.34. The van der Waals surface area contributed by atoms with Crippen molar-refractivity contribution in [3.8, 4) is 0 Å². The number of nitrogens with one attached hydrogen (secondary N) is 2. The second kappa shape index (κ2) is 5.21. The minimum Gasteiger partial charge on any atom is -0.338 e. The fourth-order valence-electron chi connectivity index (χ4n) is 1.45. The normalized spacial score (nSPS) is 14.6. The first-order chi connectivity index (χ1) is 7.74. The average molecular weight is 239 g/mol. The van der Waals surface area contributed by atoms with Gasteiger partial charge in [-0.15, -0.1) is 0 Å². The van der Waals surface area contributed by atoms with E-state index in [1.165, 1.54) is 12.8 Å². The monoisotopic (exact) mass is 238 g/mol. The lowest BCUT2D eigenvalue weighted by Crippen LogP contribution is -2.36. The lowest BCUT2D eigenvalue weighted by molar-refractivity contribution is 0.240. The molecule has 86 valence electrons. The van der Waals surface area contributed by atoms with E-state index >= 15 is 0 Å². The van der Waals surface area contributed by atoms with E-state index in [2.05, 4.69) is 10.6 Å². The smallest absolute Gasteiger partial charge is 0.315 e. The molecule has 1 saturated carbocycles. The molecule has 0 spiro atoms. The van der Waals surface area contributed by atoms with E-state index in [-0.39, 0.29) is 6.03 Å². The van der Waals surface area contributed by atoms with Gasteiger partial charge < -0.3 is 10.6 Å². The maximum atomic E-state index is 11.4. The van der Waals surface area contributed by atoms with E-state index in [0.717, 1.165) is 12.1 Å². The predicted molar refractivity (Wildman–Crippen MR) is 64.4 cm³/mol. The van der Waals surface area contributed by atoms with Crippen molar-refractivity contribution in [3.63, 3.8) is 0 Å². The number of hydrogen-bond acceptors (Lipinski definition) is 1. The Morgan fingerprint density at radius 1 is 1.38 bits per heavy atom. The van der Waals surface area contributed by atoms with Gasteiger partial charge in [0.2, 0.25) is 0 Å². The highest BCUT2D eigenvalue weighted by molar-refractivity contribution is 6.30. The summed E-state index contributed by atoms with van der Waals surface area (Å²) in [6, 6.07) is 7.38. The molecule has 0 saturated heterocycles. The van der Waals surface area contributed by atoms with Crippen molar-refractivity contribution in [3.05, 3.63) is 34.9 Å². The molecule has 1 aliphatic carbocycles. The Kier molecular flexibility index (Phi) is 3.67. The molecule has 3 nitrogen and oxygen atoms in total. The molecule has 1 aromatic carbocycles. The third kappa shape index (κ3) is 3.74. The summed E-state index contributed by atoms with van der Waals surface area (Å²) in [6.45, 7) is 1.30. The summed E-state index contributed by atoms with van der Waals surface area (Å²) in [6.07, 6.45) is 2.49. The number of carbonyl (C=O) groups excluding carboxylic acids is 1. The maximum absolute atomic E-state index is 11.4. The van der Waals surface area contributed by atoms with Crippen molar-refractivity contribution in [1.29, 1.82) is 0 Å². The summed E-state index contributed by atoms with van der Waals surface area (Å²) in [7, 11) is 0. The van der Waals surface area contributed by atoms with Crippen molar-refractivity contribution >= 4 is 17.6 Å². The minimum atomic E-state index is -0.105. The predicted octanol–water partition coefficient (Wildman–Crippen LogP) is 2.55. The highest BCUT2D eigenvalue weighted by Gasteiger charge is 2.21. The molecule has 16 heavy (non-hydrogen) atoms. The number of halogens is 1. The van der Waals surface area contributed by atoms with E-state index < -0.39 is 0 Å². The zero-order valence-electron chi connectivity index (χ0n) is 9.00. The fraction of sp³-hybridized carbons (Fsp3) is 0.417. The molecule has 4 heteroatoms. The first-order valence-electron chi connectivity index (χ1n) is 5.50. The van der Waals surface area contributed by atoms with Gasteiger partial charge in [0.25, 0.3) is 0 Å². The molecule has 1 fully saturated rings. The van der Waals surface area contributed by atoms with E-state index in [1.807, 2.05) is 24.3 Å². The molecule has 0 bridgehead atoms. The van der Waals surface area contributed by atoms with Crippen LogP contribution < -0.4 is 10.6 Å². The Morgan fingerprint density at radius 2 is 2.19 bits per heavy atom. The van der Waals surface area contributed by atoms with Crippen molar-refractivity contribution in [2.45, 2.75) is 19.4 Å². The molecular weight excluding hydrogens is 224 g/mol. The quantitative estimate of drug-likeness (QED) is 0.832. The molecule has 1 aliphatic rings. The van der Waals surface area contributed by atoms with E-state index in [4.69, 9.17) is 11.6 Å². The molecule has 2 rings (SSSR count). The molecule has 0 heterocycles. The van der Waals surface area contributed by atoms with E-state index in [0.29, 0.717) is 17.5 Å².